The normalized spacial score (nSPS) is 15.7. The van der Waals surface area contributed by atoms with Crippen LogP contribution in [0.25, 0.3) is 0 Å². The van der Waals surface area contributed by atoms with Crippen molar-refractivity contribution in [2.75, 3.05) is 13.1 Å². The Morgan fingerprint density at radius 1 is 1.35 bits per heavy atom. The van der Waals surface area contributed by atoms with Crippen LogP contribution in [0.15, 0.2) is 34.6 Å². The fourth-order valence-corrected chi connectivity index (χ4v) is 3.90. The smallest absolute Gasteiger partial charge is 0.222 e. The van der Waals surface area contributed by atoms with E-state index in [0.29, 0.717) is 17.4 Å². The van der Waals surface area contributed by atoms with Gasteiger partial charge >= 0.3 is 0 Å². The Labute approximate surface area is 145 Å². The number of carbonyl (C=O) groups excluding carboxylic acids is 1. The van der Waals surface area contributed by atoms with Crippen LogP contribution in [-0.4, -0.2) is 28.5 Å². The number of hydrogen-bond donors (Lipinski definition) is 0. The maximum Gasteiger partial charge on any atom is 0.222 e. The zero-order valence-electron chi connectivity index (χ0n) is 13.2. The molecular formula is C17H20ClN3OS. The summed E-state index contributed by atoms with van der Waals surface area (Å²) in [4.78, 5) is 19.3. The summed E-state index contributed by atoms with van der Waals surface area (Å²) in [5, 5.41) is 2.81. The molecule has 3 rings (SSSR count). The van der Waals surface area contributed by atoms with Gasteiger partial charge in [0.25, 0.3) is 0 Å². The zero-order valence-corrected chi connectivity index (χ0v) is 14.7. The first-order valence-electron chi connectivity index (χ1n) is 7.86. The lowest BCUT2D eigenvalue weighted by molar-refractivity contribution is -0.127. The molecular weight excluding hydrogens is 330 g/mol. The number of aromatic nitrogens is 1. The Hall–Kier alpha value is -1.59. The van der Waals surface area contributed by atoms with Crippen molar-refractivity contribution in [2.45, 2.75) is 32.7 Å². The molecule has 1 saturated heterocycles. The Morgan fingerprint density at radius 3 is 2.96 bits per heavy atom. The topological polar surface area (TPSA) is 37.6 Å². The van der Waals surface area contributed by atoms with Crippen LogP contribution in [0.1, 0.15) is 25.0 Å². The molecule has 1 aromatic carbocycles. The van der Waals surface area contributed by atoms with Gasteiger partial charge in [-0.05, 0) is 38.0 Å². The molecule has 6 heteroatoms. The van der Waals surface area contributed by atoms with Crippen LogP contribution in [-0.2, 0) is 11.3 Å². The summed E-state index contributed by atoms with van der Waals surface area (Å²) in [5.41, 5.74) is 2.06. The number of thiazole rings is 1. The molecule has 23 heavy (non-hydrogen) atoms. The molecule has 0 radical (unpaired) electrons. The number of benzene rings is 1. The predicted molar refractivity (Wildman–Crippen MR) is 94.2 cm³/mol. The zero-order chi connectivity index (χ0) is 16.2. The van der Waals surface area contributed by atoms with E-state index in [1.165, 1.54) is 5.69 Å². The highest BCUT2D eigenvalue weighted by atomic mass is 35.5. The van der Waals surface area contributed by atoms with Gasteiger partial charge in [-0.1, -0.05) is 17.7 Å². The van der Waals surface area contributed by atoms with E-state index in [2.05, 4.69) is 16.9 Å². The van der Waals surface area contributed by atoms with Crippen molar-refractivity contribution in [3.8, 4) is 0 Å². The Morgan fingerprint density at radius 2 is 2.22 bits per heavy atom. The van der Waals surface area contributed by atoms with Gasteiger partial charge in [0.2, 0.25) is 5.91 Å². The van der Waals surface area contributed by atoms with Gasteiger partial charge < -0.3 is 9.47 Å². The van der Waals surface area contributed by atoms with Gasteiger partial charge in [-0.25, -0.2) is 4.99 Å². The summed E-state index contributed by atoms with van der Waals surface area (Å²) < 4.78 is 2.21. The SMILES string of the molecule is Cc1csc(=Nc2cccc(Cl)c2)n1CCCN1CCCC1=O. The van der Waals surface area contributed by atoms with Crippen molar-refractivity contribution < 1.29 is 4.79 Å². The standard InChI is InChI=1S/C17H20ClN3OS/c1-13-12-23-17(19-15-6-2-5-14(18)11-15)21(13)10-4-9-20-8-3-7-16(20)22/h2,5-6,11-12H,3-4,7-10H2,1H3. The van der Waals surface area contributed by atoms with Crippen molar-refractivity contribution in [2.24, 2.45) is 4.99 Å². The van der Waals surface area contributed by atoms with Crippen LogP contribution in [0.2, 0.25) is 5.02 Å². The molecule has 2 heterocycles. The highest BCUT2D eigenvalue weighted by Gasteiger charge is 2.19. The highest BCUT2D eigenvalue weighted by molar-refractivity contribution is 7.07. The number of hydrogen-bond acceptors (Lipinski definition) is 3. The third-order valence-electron chi connectivity index (χ3n) is 4.01. The molecule has 4 nitrogen and oxygen atoms in total. The third kappa shape index (κ3) is 4.03. The van der Waals surface area contributed by atoms with Crippen LogP contribution in [0.4, 0.5) is 5.69 Å². The molecule has 0 aliphatic carbocycles. The fraction of sp³-hybridized carbons (Fsp3) is 0.412. The van der Waals surface area contributed by atoms with Crippen LogP contribution in [0.5, 0.6) is 0 Å². The molecule has 0 spiro atoms. The molecule has 1 aliphatic rings. The molecule has 0 atom stereocenters. The summed E-state index contributed by atoms with van der Waals surface area (Å²) in [6.07, 6.45) is 2.66. The van der Waals surface area contributed by atoms with Crippen LogP contribution in [0, 0.1) is 6.92 Å². The summed E-state index contributed by atoms with van der Waals surface area (Å²) in [7, 11) is 0. The number of carbonyl (C=O) groups is 1. The van der Waals surface area contributed by atoms with Crippen molar-refractivity contribution in [3.05, 3.63) is 45.2 Å². The summed E-state index contributed by atoms with van der Waals surface area (Å²) in [6.45, 7) is 4.70. The van der Waals surface area contributed by atoms with Gasteiger partial charge in [0, 0.05) is 42.2 Å². The third-order valence-corrected chi connectivity index (χ3v) is 5.22. The number of likely N-dealkylation sites (tertiary alicyclic amines) is 1. The van der Waals surface area contributed by atoms with Gasteiger partial charge in [0.05, 0.1) is 5.69 Å². The van der Waals surface area contributed by atoms with Crippen LogP contribution >= 0.6 is 22.9 Å². The predicted octanol–water partition coefficient (Wildman–Crippen LogP) is 3.76. The van der Waals surface area contributed by atoms with Crippen molar-refractivity contribution in [1.82, 2.24) is 9.47 Å². The minimum absolute atomic E-state index is 0.292. The minimum atomic E-state index is 0.292. The lowest BCUT2D eigenvalue weighted by Crippen LogP contribution is -2.27. The first-order valence-corrected chi connectivity index (χ1v) is 9.12. The molecule has 0 unspecified atom stereocenters. The molecule has 0 bridgehead atoms. The second-order valence-corrected chi connectivity index (χ2v) is 7.01. The van der Waals surface area contributed by atoms with E-state index < -0.39 is 0 Å². The van der Waals surface area contributed by atoms with Crippen LogP contribution in [0.3, 0.4) is 0 Å². The van der Waals surface area contributed by atoms with Crippen LogP contribution < -0.4 is 4.80 Å². The first kappa shape index (κ1) is 16.3. The molecule has 2 aromatic rings. The molecule has 1 fully saturated rings. The van der Waals surface area contributed by atoms with Crippen molar-refractivity contribution in [1.29, 1.82) is 0 Å². The van der Waals surface area contributed by atoms with E-state index in [1.807, 2.05) is 29.2 Å². The average molecular weight is 350 g/mol. The minimum Gasteiger partial charge on any atom is -0.343 e. The van der Waals surface area contributed by atoms with E-state index >= 15 is 0 Å². The lowest BCUT2D eigenvalue weighted by Gasteiger charge is -2.15. The first-order chi connectivity index (χ1) is 11.1. The van der Waals surface area contributed by atoms with E-state index in [0.717, 1.165) is 43.0 Å². The Kier molecular flexibility index (Phi) is 5.18. The number of aryl methyl sites for hydroxylation is 1. The maximum absolute atomic E-state index is 11.7. The Balaban J connectivity index is 1.72. The second kappa shape index (κ2) is 7.32. The Bertz CT molecular complexity index is 765. The number of rotatable bonds is 5. The average Bonchev–Trinajstić information content (AvgIpc) is 3.07. The molecule has 1 amide bonds. The van der Waals surface area contributed by atoms with E-state index in [-0.39, 0.29) is 0 Å². The van der Waals surface area contributed by atoms with Gasteiger partial charge in [0.15, 0.2) is 4.80 Å². The largest absolute Gasteiger partial charge is 0.343 e. The van der Waals surface area contributed by atoms with Gasteiger partial charge in [-0.15, -0.1) is 11.3 Å². The van der Waals surface area contributed by atoms with E-state index in [1.54, 1.807) is 11.3 Å². The molecule has 122 valence electrons. The molecule has 1 aliphatic heterocycles. The maximum atomic E-state index is 11.7. The van der Waals surface area contributed by atoms with Gasteiger partial charge in [-0.2, -0.15) is 0 Å². The molecule has 0 saturated carbocycles. The summed E-state index contributed by atoms with van der Waals surface area (Å²) >= 11 is 7.66. The van der Waals surface area contributed by atoms with Gasteiger partial charge in [0.1, 0.15) is 0 Å². The summed E-state index contributed by atoms with van der Waals surface area (Å²) in [6, 6.07) is 7.57. The van der Waals surface area contributed by atoms with E-state index in [4.69, 9.17) is 16.6 Å². The molecule has 0 N–H and O–H groups in total. The number of nitrogens with zero attached hydrogens (tertiary/aromatic N) is 3. The monoisotopic (exact) mass is 349 g/mol. The number of amides is 1. The number of halogens is 1. The van der Waals surface area contributed by atoms with Crippen molar-refractivity contribution in [3.63, 3.8) is 0 Å². The quantitative estimate of drug-likeness (QED) is 0.809. The van der Waals surface area contributed by atoms with E-state index in [9.17, 15) is 4.79 Å². The summed E-state index contributed by atoms with van der Waals surface area (Å²) in [5.74, 6) is 0.292. The molecule has 1 aromatic heterocycles. The van der Waals surface area contributed by atoms with Gasteiger partial charge in [-0.3, -0.25) is 4.79 Å². The fourth-order valence-electron chi connectivity index (χ4n) is 2.79. The highest BCUT2D eigenvalue weighted by Crippen LogP contribution is 2.17. The van der Waals surface area contributed by atoms with Crippen molar-refractivity contribution >= 4 is 34.5 Å². The second-order valence-electron chi connectivity index (χ2n) is 5.74. The lowest BCUT2D eigenvalue weighted by atomic mass is 10.3.